The monoisotopic (exact) mass is 343 g/mol. The molecule has 0 N–H and O–H groups in total. The average molecular weight is 343 g/mol. The zero-order valence-electron chi connectivity index (χ0n) is 12.1. The zero-order valence-corrected chi connectivity index (χ0v) is 13.7. The molecule has 23 heavy (non-hydrogen) atoms. The van der Waals surface area contributed by atoms with Crippen molar-refractivity contribution in [3.8, 4) is 16.8 Å². The summed E-state index contributed by atoms with van der Waals surface area (Å²) in [4.78, 5) is 5.53. The van der Waals surface area contributed by atoms with E-state index < -0.39 is 9.84 Å². The van der Waals surface area contributed by atoms with Crippen LogP contribution in [-0.2, 0) is 16.4 Å². The molecule has 0 amide bonds. The second-order valence-corrected chi connectivity index (χ2v) is 7.93. The quantitative estimate of drug-likeness (QED) is 0.714. The molecule has 7 heteroatoms. The van der Waals surface area contributed by atoms with Gasteiger partial charge in [-0.1, -0.05) is 6.07 Å². The van der Waals surface area contributed by atoms with Gasteiger partial charge in [-0.05, 0) is 35.7 Å². The van der Waals surface area contributed by atoms with Gasteiger partial charge >= 0.3 is 0 Å². The van der Waals surface area contributed by atoms with E-state index in [0.29, 0.717) is 12.1 Å². The van der Waals surface area contributed by atoms with E-state index in [2.05, 4.69) is 4.98 Å². The van der Waals surface area contributed by atoms with Crippen molar-refractivity contribution in [1.29, 1.82) is 5.26 Å². The summed E-state index contributed by atoms with van der Waals surface area (Å²) in [5, 5.41) is 10.7. The summed E-state index contributed by atoms with van der Waals surface area (Å²) >= 11 is 1.57. The molecule has 0 saturated heterocycles. The Labute approximate surface area is 138 Å². The van der Waals surface area contributed by atoms with E-state index in [4.69, 9.17) is 5.26 Å². The van der Waals surface area contributed by atoms with Crippen LogP contribution in [0.3, 0.4) is 0 Å². The van der Waals surface area contributed by atoms with Crippen molar-refractivity contribution in [2.24, 2.45) is 0 Å². The van der Waals surface area contributed by atoms with Crippen molar-refractivity contribution in [3.63, 3.8) is 0 Å². The molecule has 1 aromatic carbocycles. The first-order valence-electron chi connectivity index (χ1n) is 6.88. The standard InChI is InChI=1S/C16H13N3O2S2/c17-12-13-3-5-14(6-4-13)23(20,21)11-9-19-8-7-18-16(19)15-2-1-10-22-15/h1-8,10H,9,11H2. The summed E-state index contributed by atoms with van der Waals surface area (Å²) < 4.78 is 26.7. The third kappa shape index (κ3) is 3.33. The van der Waals surface area contributed by atoms with Gasteiger partial charge in [0.2, 0.25) is 0 Å². The Kier molecular flexibility index (Phi) is 4.28. The van der Waals surface area contributed by atoms with Crippen molar-refractivity contribution < 1.29 is 8.42 Å². The van der Waals surface area contributed by atoms with Gasteiger partial charge < -0.3 is 4.57 Å². The molecule has 0 fully saturated rings. The van der Waals surface area contributed by atoms with Gasteiger partial charge in [0.05, 0.1) is 27.2 Å². The molecule has 0 aliphatic carbocycles. The summed E-state index contributed by atoms with van der Waals surface area (Å²) in [7, 11) is -3.40. The highest BCUT2D eigenvalue weighted by molar-refractivity contribution is 7.91. The molecule has 2 aromatic heterocycles. The number of nitrogens with zero attached hydrogens (tertiary/aromatic N) is 3. The normalized spacial score (nSPS) is 11.3. The Hall–Kier alpha value is -2.43. The average Bonchev–Trinajstić information content (AvgIpc) is 3.24. The van der Waals surface area contributed by atoms with Crippen LogP contribution in [0.5, 0.6) is 0 Å². The van der Waals surface area contributed by atoms with Crippen LogP contribution in [0, 0.1) is 11.3 Å². The van der Waals surface area contributed by atoms with Crippen molar-refractivity contribution >= 4 is 21.2 Å². The number of hydrogen-bond acceptors (Lipinski definition) is 5. The minimum Gasteiger partial charge on any atom is -0.329 e. The first-order valence-corrected chi connectivity index (χ1v) is 9.41. The molecule has 0 radical (unpaired) electrons. The molecule has 3 rings (SSSR count). The molecule has 0 unspecified atom stereocenters. The molecule has 0 atom stereocenters. The van der Waals surface area contributed by atoms with Crippen LogP contribution < -0.4 is 0 Å². The largest absolute Gasteiger partial charge is 0.329 e. The van der Waals surface area contributed by atoms with Gasteiger partial charge in [-0.15, -0.1) is 11.3 Å². The lowest BCUT2D eigenvalue weighted by Gasteiger charge is -2.08. The van der Waals surface area contributed by atoms with Gasteiger partial charge in [0.1, 0.15) is 5.82 Å². The maximum Gasteiger partial charge on any atom is 0.180 e. The molecule has 0 aliphatic heterocycles. The molecule has 0 bridgehead atoms. The summed E-state index contributed by atoms with van der Waals surface area (Å²) in [5.74, 6) is 0.753. The number of hydrogen-bond donors (Lipinski definition) is 0. The van der Waals surface area contributed by atoms with Gasteiger partial charge in [-0.3, -0.25) is 0 Å². The second-order valence-electron chi connectivity index (χ2n) is 4.88. The van der Waals surface area contributed by atoms with Crippen molar-refractivity contribution in [1.82, 2.24) is 9.55 Å². The number of rotatable bonds is 5. The van der Waals surface area contributed by atoms with Crippen LogP contribution in [0.25, 0.3) is 10.7 Å². The predicted molar refractivity (Wildman–Crippen MR) is 88.7 cm³/mol. The van der Waals surface area contributed by atoms with Gasteiger partial charge in [-0.25, -0.2) is 13.4 Å². The first kappa shape index (κ1) is 15.5. The smallest absolute Gasteiger partial charge is 0.180 e. The Balaban J connectivity index is 1.78. The highest BCUT2D eigenvalue weighted by atomic mass is 32.2. The van der Waals surface area contributed by atoms with Crippen molar-refractivity contribution in [2.75, 3.05) is 5.75 Å². The van der Waals surface area contributed by atoms with Crippen LogP contribution in [-0.4, -0.2) is 23.7 Å². The van der Waals surface area contributed by atoms with E-state index in [-0.39, 0.29) is 10.6 Å². The third-order valence-corrected chi connectivity index (χ3v) is 5.98. The van der Waals surface area contributed by atoms with E-state index in [0.717, 1.165) is 10.7 Å². The van der Waals surface area contributed by atoms with Crippen molar-refractivity contribution in [3.05, 3.63) is 59.7 Å². The van der Waals surface area contributed by atoms with Crippen LogP contribution in [0.2, 0.25) is 0 Å². The highest BCUT2D eigenvalue weighted by Gasteiger charge is 2.16. The minimum absolute atomic E-state index is 0.0202. The number of benzene rings is 1. The van der Waals surface area contributed by atoms with Crippen LogP contribution >= 0.6 is 11.3 Å². The Morgan fingerprint density at radius 1 is 1.22 bits per heavy atom. The fourth-order valence-corrected chi connectivity index (χ4v) is 4.15. The fourth-order valence-electron chi connectivity index (χ4n) is 2.19. The lowest BCUT2D eigenvalue weighted by atomic mass is 10.2. The number of thiophene rings is 1. The SMILES string of the molecule is N#Cc1ccc(S(=O)(=O)CCn2ccnc2-c2cccs2)cc1. The summed E-state index contributed by atoms with van der Waals surface area (Å²) in [6.45, 7) is 0.329. The molecule has 0 aliphatic rings. The second kappa shape index (κ2) is 6.36. The zero-order chi connectivity index (χ0) is 16.3. The fraction of sp³-hybridized carbons (Fsp3) is 0.125. The number of aromatic nitrogens is 2. The van der Waals surface area contributed by atoms with Crippen LogP contribution in [0.4, 0.5) is 0 Å². The highest BCUT2D eigenvalue weighted by Crippen LogP contribution is 2.23. The molecule has 5 nitrogen and oxygen atoms in total. The lowest BCUT2D eigenvalue weighted by Crippen LogP contribution is -2.13. The van der Waals surface area contributed by atoms with Crippen LogP contribution in [0.15, 0.2) is 59.1 Å². The van der Waals surface area contributed by atoms with E-state index in [9.17, 15) is 8.42 Å². The molecule has 3 aromatic rings. The Bertz CT molecular complexity index is 934. The number of imidazole rings is 1. The molecule has 2 heterocycles. The van der Waals surface area contributed by atoms with E-state index in [1.165, 1.54) is 24.3 Å². The number of aryl methyl sites for hydroxylation is 1. The molecule has 0 saturated carbocycles. The molecule has 116 valence electrons. The van der Waals surface area contributed by atoms with E-state index in [1.807, 2.05) is 28.1 Å². The van der Waals surface area contributed by atoms with Crippen LogP contribution in [0.1, 0.15) is 5.56 Å². The summed E-state index contributed by atoms with van der Waals surface area (Å²) in [5.41, 5.74) is 0.443. The van der Waals surface area contributed by atoms with E-state index >= 15 is 0 Å². The lowest BCUT2D eigenvalue weighted by molar-refractivity contribution is 0.589. The number of sulfone groups is 1. The molecular formula is C16H13N3O2S2. The third-order valence-electron chi connectivity index (χ3n) is 3.40. The maximum atomic E-state index is 12.4. The van der Waals surface area contributed by atoms with Gasteiger partial charge in [0, 0.05) is 18.9 Å². The predicted octanol–water partition coefficient (Wildman–Crippen LogP) is 2.96. The van der Waals surface area contributed by atoms with Gasteiger partial charge in [0.25, 0.3) is 0 Å². The minimum atomic E-state index is -3.40. The Morgan fingerprint density at radius 3 is 2.65 bits per heavy atom. The topological polar surface area (TPSA) is 75.8 Å². The van der Waals surface area contributed by atoms with Crippen molar-refractivity contribution in [2.45, 2.75) is 11.4 Å². The van der Waals surface area contributed by atoms with Gasteiger partial charge in [0.15, 0.2) is 9.84 Å². The van der Waals surface area contributed by atoms with Gasteiger partial charge in [-0.2, -0.15) is 5.26 Å². The maximum absolute atomic E-state index is 12.4. The Morgan fingerprint density at radius 2 is 2.00 bits per heavy atom. The molecule has 0 spiro atoms. The summed E-state index contributed by atoms with van der Waals surface area (Å²) in [6.07, 6.45) is 3.45. The number of nitriles is 1. The molecular weight excluding hydrogens is 330 g/mol. The first-order chi connectivity index (χ1) is 11.1. The van der Waals surface area contributed by atoms with E-state index in [1.54, 1.807) is 23.7 Å². The summed E-state index contributed by atoms with van der Waals surface area (Å²) in [6, 6.07) is 11.8.